The Hall–Kier alpha value is -4.26. The van der Waals surface area contributed by atoms with E-state index in [-0.39, 0.29) is 18.3 Å². The lowest BCUT2D eigenvalue weighted by Gasteiger charge is -2.29. The van der Waals surface area contributed by atoms with Crippen molar-refractivity contribution in [3.63, 3.8) is 0 Å². The average Bonchev–Trinajstić information content (AvgIpc) is 3.75. The average molecular weight is 718 g/mol. The van der Waals surface area contributed by atoms with Gasteiger partial charge in [0.05, 0.1) is 43.3 Å². The molecule has 0 radical (unpaired) electrons. The molecule has 11 nitrogen and oxygen atoms in total. The number of fused-ring (bicyclic) bond motifs is 2. The van der Waals surface area contributed by atoms with Crippen LogP contribution in [0.5, 0.6) is 0 Å². The van der Waals surface area contributed by atoms with Gasteiger partial charge >= 0.3 is 12.0 Å². The first-order valence-corrected chi connectivity index (χ1v) is 18.0. The Labute approximate surface area is 302 Å². The molecule has 3 amide bonds. The van der Waals surface area contributed by atoms with Gasteiger partial charge in [0.25, 0.3) is 0 Å². The van der Waals surface area contributed by atoms with E-state index in [0.29, 0.717) is 50.0 Å². The molecule has 2 aromatic carbocycles. The third-order valence-corrected chi connectivity index (χ3v) is 10.8. The van der Waals surface area contributed by atoms with Gasteiger partial charge in [-0.25, -0.2) is 19.2 Å². The smallest absolute Gasteiger partial charge is 0.410 e. The summed E-state index contributed by atoms with van der Waals surface area (Å²) in [6.45, 7) is 14.0. The second kappa shape index (κ2) is 13.8. The zero-order valence-electron chi connectivity index (χ0n) is 29.9. The molecule has 0 saturated carbocycles. The normalized spacial score (nSPS) is 14.3. The second-order valence-electron chi connectivity index (χ2n) is 14.3. The summed E-state index contributed by atoms with van der Waals surface area (Å²) in [7, 11) is 3.77. The van der Waals surface area contributed by atoms with Gasteiger partial charge in [0.15, 0.2) is 0 Å². The molecule has 2 aliphatic heterocycles. The fourth-order valence-corrected chi connectivity index (χ4v) is 7.56. The standard InChI is InChI=1S/C37H44ClN7O4S/c1-22(2)41(7)21-32(46)44-19-29-31(20-44)50-34(40-29)27-14-10-13-26(23(27)3)24-11-9-12-25(17-24)45(38)35(47)33-39-28-18-43(16-15-30(28)42(33)8)36(48)49-37(4,5)6/h9-14,17,22H,15-16,18-21H2,1-8H3. The van der Waals surface area contributed by atoms with Crippen LogP contribution < -0.4 is 4.42 Å². The van der Waals surface area contributed by atoms with Gasteiger partial charge in [0.1, 0.15) is 10.6 Å². The number of likely N-dealkylation sites (N-methyl/N-ethyl adjacent to an activating group) is 1. The molecule has 0 aliphatic carbocycles. The number of nitrogens with zero attached hydrogens (tertiary/aromatic N) is 7. The van der Waals surface area contributed by atoms with Crippen molar-refractivity contribution in [2.75, 3.05) is 24.6 Å². The minimum atomic E-state index is -0.605. The molecule has 2 aromatic heterocycles. The number of halogens is 1. The number of amides is 3. The topological polar surface area (TPSA) is 104 Å². The molecule has 4 heterocycles. The van der Waals surface area contributed by atoms with E-state index in [1.165, 1.54) is 0 Å². The van der Waals surface area contributed by atoms with Crippen molar-refractivity contribution in [1.29, 1.82) is 0 Å². The summed E-state index contributed by atoms with van der Waals surface area (Å²) in [5, 5.41) is 0.926. The SMILES string of the molecule is Cc1c(-c2cccc(N(Cl)C(=O)c3nc4c(n3C)CCN(C(=O)OC(C)(C)C)C4)c2)cccc1-c1nc2c(s1)CN(C(=O)CN(C)C(C)C)C2. The summed E-state index contributed by atoms with van der Waals surface area (Å²) in [5.74, 6) is -0.149. The number of carbonyl (C=O) groups is 3. The highest BCUT2D eigenvalue weighted by Crippen LogP contribution is 2.39. The zero-order chi connectivity index (χ0) is 36.1. The summed E-state index contributed by atoms with van der Waals surface area (Å²) in [4.78, 5) is 55.5. The van der Waals surface area contributed by atoms with E-state index in [2.05, 4.69) is 37.9 Å². The number of anilines is 1. The molecule has 0 bridgehead atoms. The number of aromatic nitrogens is 3. The Morgan fingerprint density at radius 2 is 1.70 bits per heavy atom. The van der Waals surface area contributed by atoms with Crippen LogP contribution in [-0.4, -0.2) is 78.9 Å². The fourth-order valence-electron chi connectivity index (χ4n) is 6.21. The molecule has 50 heavy (non-hydrogen) atoms. The van der Waals surface area contributed by atoms with Gasteiger partial charge < -0.3 is 19.1 Å². The molecule has 2 aliphatic rings. The van der Waals surface area contributed by atoms with Crippen molar-refractivity contribution in [3.05, 3.63) is 75.8 Å². The molecule has 13 heteroatoms. The van der Waals surface area contributed by atoms with E-state index < -0.39 is 17.6 Å². The number of ether oxygens (including phenoxy) is 1. The predicted molar refractivity (Wildman–Crippen MR) is 196 cm³/mol. The fraction of sp³-hybridized carbons (Fsp3) is 0.432. The van der Waals surface area contributed by atoms with Crippen LogP contribution in [0.25, 0.3) is 21.7 Å². The van der Waals surface area contributed by atoms with Crippen LogP contribution in [-0.2, 0) is 42.6 Å². The Morgan fingerprint density at radius 3 is 2.40 bits per heavy atom. The van der Waals surface area contributed by atoms with Gasteiger partial charge in [0.2, 0.25) is 11.7 Å². The van der Waals surface area contributed by atoms with Crippen LogP contribution in [0, 0.1) is 6.92 Å². The zero-order valence-corrected chi connectivity index (χ0v) is 31.5. The first-order valence-electron chi connectivity index (χ1n) is 16.8. The van der Waals surface area contributed by atoms with Gasteiger partial charge in [-0.3, -0.25) is 14.5 Å². The van der Waals surface area contributed by atoms with E-state index in [1.807, 2.05) is 61.9 Å². The van der Waals surface area contributed by atoms with E-state index in [4.69, 9.17) is 21.5 Å². The maximum absolute atomic E-state index is 13.7. The van der Waals surface area contributed by atoms with Crippen molar-refractivity contribution in [3.8, 4) is 21.7 Å². The Kier molecular flexibility index (Phi) is 9.82. The van der Waals surface area contributed by atoms with E-state index in [0.717, 1.165) is 47.9 Å². The number of rotatable bonds is 7. The van der Waals surface area contributed by atoms with Crippen LogP contribution in [0.3, 0.4) is 0 Å². The highest BCUT2D eigenvalue weighted by atomic mass is 35.5. The first kappa shape index (κ1) is 35.6. The highest BCUT2D eigenvalue weighted by Gasteiger charge is 2.32. The predicted octanol–water partition coefficient (Wildman–Crippen LogP) is 6.80. The third kappa shape index (κ3) is 7.15. The van der Waals surface area contributed by atoms with Gasteiger partial charge in [-0.2, -0.15) is 0 Å². The lowest BCUT2D eigenvalue weighted by Crippen LogP contribution is -2.40. The summed E-state index contributed by atoms with van der Waals surface area (Å²) in [6.07, 6.45) is 0.146. The quantitative estimate of drug-likeness (QED) is 0.194. The summed E-state index contributed by atoms with van der Waals surface area (Å²) in [6, 6.07) is 14.0. The highest BCUT2D eigenvalue weighted by molar-refractivity contribution is 7.15. The molecule has 0 atom stereocenters. The van der Waals surface area contributed by atoms with Crippen molar-refractivity contribution < 1.29 is 19.1 Å². The van der Waals surface area contributed by atoms with Crippen LogP contribution >= 0.6 is 23.1 Å². The number of carbonyl (C=O) groups excluding carboxylic acids is 3. The van der Waals surface area contributed by atoms with Crippen molar-refractivity contribution >= 4 is 46.7 Å². The molecule has 264 valence electrons. The Balaban J connectivity index is 1.18. The number of benzene rings is 2. The summed E-state index contributed by atoms with van der Waals surface area (Å²) in [5.41, 5.74) is 6.41. The number of hydrogen-bond donors (Lipinski definition) is 0. The third-order valence-electron chi connectivity index (χ3n) is 9.30. The number of hydrogen-bond acceptors (Lipinski definition) is 8. The molecule has 0 unspecified atom stereocenters. The molecule has 4 aromatic rings. The molecule has 0 N–H and O–H groups in total. The summed E-state index contributed by atoms with van der Waals surface area (Å²) < 4.78 is 8.40. The molecule has 0 spiro atoms. The molecule has 0 saturated heterocycles. The maximum Gasteiger partial charge on any atom is 0.410 e. The molecule has 6 rings (SSSR count). The van der Waals surface area contributed by atoms with Crippen molar-refractivity contribution in [1.82, 2.24) is 29.2 Å². The maximum atomic E-state index is 13.7. The van der Waals surface area contributed by atoms with Crippen molar-refractivity contribution in [2.45, 2.75) is 79.2 Å². The van der Waals surface area contributed by atoms with E-state index >= 15 is 0 Å². The minimum absolute atomic E-state index is 0.116. The first-order chi connectivity index (χ1) is 23.6. The van der Waals surface area contributed by atoms with Crippen LogP contribution in [0.15, 0.2) is 42.5 Å². The van der Waals surface area contributed by atoms with E-state index in [9.17, 15) is 14.4 Å². The van der Waals surface area contributed by atoms with Gasteiger partial charge in [-0.05, 0) is 77.4 Å². The molecular weight excluding hydrogens is 674 g/mol. The second-order valence-corrected chi connectivity index (χ2v) is 15.7. The lowest BCUT2D eigenvalue weighted by molar-refractivity contribution is -0.133. The number of thiazole rings is 1. The van der Waals surface area contributed by atoms with Crippen LogP contribution in [0.1, 0.15) is 72.8 Å². The van der Waals surface area contributed by atoms with Crippen molar-refractivity contribution in [2.24, 2.45) is 7.05 Å². The molecular formula is C37H44ClN7O4S. The van der Waals surface area contributed by atoms with Crippen LogP contribution in [0.2, 0.25) is 0 Å². The van der Waals surface area contributed by atoms with Gasteiger partial charge in [-0.1, -0.05) is 30.3 Å². The minimum Gasteiger partial charge on any atom is -0.444 e. The largest absolute Gasteiger partial charge is 0.444 e. The summed E-state index contributed by atoms with van der Waals surface area (Å²) >= 11 is 8.37. The lowest BCUT2D eigenvalue weighted by atomic mass is 9.96. The molecule has 0 fully saturated rings. The van der Waals surface area contributed by atoms with Gasteiger partial charge in [0, 0.05) is 54.0 Å². The van der Waals surface area contributed by atoms with E-state index in [1.54, 1.807) is 33.9 Å². The Morgan fingerprint density at radius 1 is 1.00 bits per heavy atom. The monoisotopic (exact) mass is 717 g/mol. The van der Waals surface area contributed by atoms with Gasteiger partial charge in [-0.15, -0.1) is 11.3 Å². The Bertz CT molecular complexity index is 1940. The number of imidazole rings is 1. The van der Waals surface area contributed by atoms with Crippen LogP contribution in [0.4, 0.5) is 10.5 Å².